The zero-order valence-corrected chi connectivity index (χ0v) is 12.4. The molecule has 4 nitrogen and oxygen atoms in total. The Hall–Kier alpha value is -2.62. The van der Waals surface area contributed by atoms with Gasteiger partial charge in [-0.1, -0.05) is 18.2 Å². The van der Waals surface area contributed by atoms with Crippen LogP contribution in [0.5, 0.6) is 0 Å². The third-order valence-corrected chi connectivity index (χ3v) is 2.96. The van der Waals surface area contributed by atoms with Crippen molar-refractivity contribution >= 4 is 23.2 Å². The van der Waals surface area contributed by atoms with Crippen LogP contribution < -0.4 is 10.6 Å². The SMILES string of the molecule is Cc1cccc(NC(=O)C(=O)Nc2cc(C)cc(C)c2)c1. The van der Waals surface area contributed by atoms with Gasteiger partial charge in [0.05, 0.1) is 0 Å². The molecule has 0 atom stereocenters. The number of carbonyl (C=O) groups excluding carboxylic acids is 2. The summed E-state index contributed by atoms with van der Waals surface area (Å²) in [4.78, 5) is 23.8. The lowest BCUT2D eigenvalue weighted by Gasteiger charge is -2.08. The fourth-order valence-corrected chi connectivity index (χ4v) is 2.15. The number of benzene rings is 2. The van der Waals surface area contributed by atoms with Gasteiger partial charge in [-0.25, -0.2) is 0 Å². The van der Waals surface area contributed by atoms with Crippen molar-refractivity contribution in [2.75, 3.05) is 10.6 Å². The van der Waals surface area contributed by atoms with Gasteiger partial charge in [-0.2, -0.15) is 0 Å². The highest BCUT2D eigenvalue weighted by atomic mass is 16.2. The van der Waals surface area contributed by atoms with Gasteiger partial charge in [0.2, 0.25) is 0 Å². The molecule has 4 heteroatoms. The fraction of sp³-hybridized carbons (Fsp3) is 0.176. The first-order valence-electron chi connectivity index (χ1n) is 6.71. The van der Waals surface area contributed by atoms with Crippen LogP contribution in [0.15, 0.2) is 42.5 Å². The maximum absolute atomic E-state index is 11.9. The molecule has 0 aliphatic heterocycles. The molecule has 0 fully saturated rings. The molecular weight excluding hydrogens is 264 g/mol. The lowest BCUT2D eigenvalue weighted by atomic mass is 10.1. The van der Waals surface area contributed by atoms with E-state index in [1.54, 1.807) is 6.07 Å². The number of hydrogen-bond acceptors (Lipinski definition) is 2. The molecule has 0 aromatic heterocycles. The average Bonchev–Trinajstić information content (AvgIpc) is 2.37. The molecule has 2 amide bonds. The summed E-state index contributed by atoms with van der Waals surface area (Å²) in [5.74, 6) is -1.36. The maximum Gasteiger partial charge on any atom is 0.314 e. The van der Waals surface area contributed by atoms with Crippen LogP contribution in [0.25, 0.3) is 0 Å². The van der Waals surface area contributed by atoms with Gasteiger partial charge in [0.15, 0.2) is 0 Å². The van der Waals surface area contributed by atoms with Crippen molar-refractivity contribution in [2.45, 2.75) is 20.8 Å². The van der Waals surface area contributed by atoms with Crippen LogP contribution in [0.4, 0.5) is 11.4 Å². The Morgan fingerprint density at radius 2 is 1.24 bits per heavy atom. The van der Waals surface area contributed by atoms with Crippen molar-refractivity contribution in [2.24, 2.45) is 0 Å². The molecule has 0 unspecified atom stereocenters. The highest BCUT2D eigenvalue weighted by Gasteiger charge is 2.14. The van der Waals surface area contributed by atoms with Crippen LogP contribution in [0.2, 0.25) is 0 Å². The van der Waals surface area contributed by atoms with Crippen LogP contribution in [-0.2, 0) is 9.59 Å². The Kier molecular flexibility index (Phi) is 4.38. The smallest absolute Gasteiger partial charge is 0.314 e. The van der Waals surface area contributed by atoms with Gasteiger partial charge >= 0.3 is 11.8 Å². The van der Waals surface area contributed by atoms with Crippen LogP contribution in [0.1, 0.15) is 16.7 Å². The monoisotopic (exact) mass is 282 g/mol. The first-order chi connectivity index (χ1) is 9.94. The van der Waals surface area contributed by atoms with Crippen LogP contribution in [-0.4, -0.2) is 11.8 Å². The molecule has 0 radical (unpaired) electrons. The molecule has 2 rings (SSSR count). The van der Waals surface area contributed by atoms with Crippen LogP contribution >= 0.6 is 0 Å². The number of anilines is 2. The molecule has 0 bridgehead atoms. The molecule has 108 valence electrons. The fourth-order valence-electron chi connectivity index (χ4n) is 2.15. The van der Waals surface area contributed by atoms with Crippen molar-refractivity contribution in [1.82, 2.24) is 0 Å². The lowest BCUT2D eigenvalue weighted by Crippen LogP contribution is -2.29. The highest BCUT2D eigenvalue weighted by Crippen LogP contribution is 2.14. The van der Waals surface area contributed by atoms with E-state index in [1.807, 2.05) is 57.2 Å². The maximum atomic E-state index is 11.9. The Bertz CT molecular complexity index is 673. The van der Waals surface area contributed by atoms with E-state index in [1.165, 1.54) is 0 Å². The molecule has 0 spiro atoms. The van der Waals surface area contributed by atoms with E-state index in [9.17, 15) is 9.59 Å². The Morgan fingerprint density at radius 3 is 1.81 bits per heavy atom. The number of hydrogen-bond donors (Lipinski definition) is 2. The first-order valence-corrected chi connectivity index (χ1v) is 6.71. The predicted octanol–water partition coefficient (Wildman–Crippen LogP) is 3.19. The van der Waals surface area contributed by atoms with Crippen molar-refractivity contribution < 1.29 is 9.59 Å². The molecule has 2 N–H and O–H groups in total. The molecule has 0 saturated heterocycles. The summed E-state index contributed by atoms with van der Waals surface area (Å²) in [5, 5.41) is 5.19. The molecule has 2 aromatic rings. The summed E-state index contributed by atoms with van der Waals surface area (Å²) in [5.41, 5.74) is 4.31. The molecule has 0 aliphatic carbocycles. The number of amides is 2. The standard InChI is InChI=1S/C17H18N2O2/c1-11-5-4-6-14(8-11)18-16(20)17(21)19-15-9-12(2)7-13(3)10-15/h4-10H,1-3H3,(H,18,20)(H,19,21). The highest BCUT2D eigenvalue weighted by molar-refractivity contribution is 6.43. The zero-order valence-electron chi connectivity index (χ0n) is 12.4. The Morgan fingerprint density at radius 1 is 0.714 bits per heavy atom. The van der Waals surface area contributed by atoms with E-state index >= 15 is 0 Å². The second-order valence-electron chi connectivity index (χ2n) is 5.15. The third kappa shape index (κ3) is 4.18. The summed E-state index contributed by atoms with van der Waals surface area (Å²) in [6, 6.07) is 13.0. The third-order valence-electron chi connectivity index (χ3n) is 2.96. The van der Waals surface area contributed by atoms with Gasteiger partial charge in [-0.3, -0.25) is 9.59 Å². The Labute approximate surface area is 124 Å². The molecule has 0 aliphatic rings. The quantitative estimate of drug-likeness (QED) is 0.831. The van der Waals surface area contributed by atoms with Gasteiger partial charge in [0.25, 0.3) is 0 Å². The van der Waals surface area contributed by atoms with Crippen molar-refractivity contribution in [3.63, 3.8) is 0 Å². The second-order valence-corrected chi connectivity index (χ2v) is 5.15. The van der Waals surface area contributed by atoms with Crippen molar-refractivity contribution in [3.05, 3.63) is 59.2 Å². The minimum atomic E-state index is -0.681. The van der Waals surface area contributed by atoms with E-state index in [-0.39, 0.29) is 0 Å². The average molecular weight is 282 g/mol. The second kappa shape index (κ2) is 6.22. The lowest BCUT2D eigenvalue weighted by molar-refractivity contribution is -0.132. The summed E-state index contributed by atoms with van der Waals surface area (Å²) in [7, 11) is 0. The topological polar surface area (TPSA) is 58.2 Å². The van der Waals surface area contributed by atoms with Gasteiger partial charge < -0.3 is 10.6 Å². The molecular formula is C17H18N2O2. The molecule has 21 heavy (non-hydrogen) atoms. The number of nitrogens with one attached hydrogen (secondary N) is 2. The number of rotatable bonds is 2. The molecule has 0 saturated carbocycles. The summed E-state index contributed by atoms with van der Waals surface area (Å²) in [6.45, 7) is 5.80. The van der Waals surface area contributed by atoms with Gasteiger partial charge in [-0.05, 0) is 61.7 Å². The van der Waals surface area contributed by atoms with E-state index in [0.717, 1.165) is 16.7 Å². The van der Waals surface area contributed by atoms with E-state index in [0.29, 0.717) is 11.4 Å². The minimum Gasteiger partial charge on any atom is -0.318 e. The number of aryl methyl sites for hydroxylation is 3. The van der Waals surface area contributed by atoms with Gasteiger partial charge in [0.1, 0.15) is 0 Å². The Balaban J connectivity index is 2.04. The van der Waals surface area contributed by atoms with Crippen molar-refractivity contribution in [1.29, 1.82) is 0 Å². The summed E-state index contributed by atoms with van der Waals surface area (Å²) in [6.07, 6.45) is 0. The number of carbonyl (C=O) groups is 2. The largest absolute Gasteiger partial charge is 0.318 e. The van der Waals surface area contributed by atoms with E-state index in [4.69, 9.17) is 0 Å². The summed E-state index contributed by atoms with van der Waals surface area (Å²) >= 11 is 0. The van der Waals surface area contributed by atoms with E-state index < -0.39 is 11.8 Å². The van der Waals surface area contributed by atoms with Crippen LogP contribution in [0, 0.1) is 20.8 Å². The van der Waals surface area contributed by atoms with Gasteiger partial charge in [0, 0.05) is 11.4 Å². The summed E-state index contributed by atoms with van der Waals surface area (Å²) < 4.78 is 0. The molecule has 2 aromatic carbocycles. The predicted molar refractivity (Wildman–Crippen MR) is 84.4 cm³/mol. The minimum absolute atomic E-state index is 0.607. The molecule has 0 heterocycles. The van der Waals surface area contributed by atoms with Gasteiger partial charge in [-0.15, -0.1) is 0 Å². The first kappa shape index (κ1) is 14.8. The normalized spacial score (nSPS) is 10.0. The van der Waals surface area contributed by atoms with E-state index in [2.05, 4.69) is 10.6 Å². The van der Waals surface area contributed by atoms with Crippen LogP contribution in [0.3, 0.4) is 0 Å². The zero-order chi connectivity index (χ0) is 15.4. The van der Waals surface area contributed by atoms with Crippen molar-refractivity contribution in [3.8, 4) is 0 Å².